The first-order valence-corrected chi connectivity index (χ1v) is 42.4. The Labute approximate surface area is 782 Å². The van der Waals surface area contributed by atoms with Gasteiger partial charge in [0.15, 0.2) is 11.5 Å². The van der Waals surface area contributed by atoms with Crippen LogP contribution in [0.25, 0.3) is 135 Å². The second-order valence-corrected chi connectivity index (χ2v) is 31.0. The number of halogens is 2. The Morgan fingerprint density at radius 3 is 1.09 bits per heavy atom. The number of nitrogens with zero attached hydrogens (tertiary/aromatic N) is 12. The Kier molecular flexibility index (Phi) is 27.6. The average molecular weight is 1840 g/mol. The Hall–Kier alpha value is -19.4. The number of aromatic carboxylic acids is 6. The van der Waals surface area contributed by atoms with E-state index in [1.54, 1.807) is 238 Å². The normalized spacial score (nSPS) is 10.7. The third-order valence-corrected chi connectivity index (χ3v) is 21.6. The van der Waals surface area contributed by atoms with E-state index in [-0.39, 0.29) is 45.0 Å². The molecule has 0 aliphatic heterocycles. The van der Waals surface area contributed by atoms with E-state index in [4.69, 9.17) is 43.9 Å². The Balaban J connectivity index is 0.000000120. The molecule has 680 valence electrons. The molecule has 0 aliphatic rings. The molecule has 6 N–H and O–H groups in total. The van der Waals surface area contributed by atoms with Gasteiger partial charge in [-0.3, -0.25) is 0 Å². The van der Waals surface area contributed by atoms with Crippen LogP contribution < -0.4 is 5.63 Å². The average Bonchev–Trinajstić information content (AvgIpc) is 1.29. The van der Waals surface area contributed by atoms with Gasteiger partial charge < -0.3 is 43.9 Å². The van der Waals surface area contributed by atoms with Gasteiger partial charge in [-0.1, -0.05) is 152 Å². The second kappa shape index (κ2) is 41.4. The van der Waals surface area contributed by atoms with Crippen molar-refractivity contribution in [2.24, 2.45) is 0 Å². The SMILES string of the molecule is Cc1ccc(-c2ccn(-c3cccc(C(=O)O)c3)n2)o1.Cc1ccc(-n2cc(-c3ccc(C(=O)O)cc3)cn2)cc1F.Cc1ccc(-n2cc(-c3cccc(C(=O)O)c3)cn2)cc1F.O=C(O)c1cccc(-n2ccc(-c3cc4ccccc4o3)n2)c1.O=C(O)c1cccc(-n2ccc(-c3cc4ccccc4oc3=O)n2)c1.O=C(O)c1cccc(-n2ccc(-c3ccc(-c4ccccc4)cc3)n2)c1. The largest absolute Gasteiger partial charge is 0.478 e. The van der Waals surface area contributed by atoms with Gasteiger partial charge in [-0.15, -0.1) is 0 Å². The fourth-order valence-electron chi connectivity index (χ4n) is 14.3. The predicted molar refractivity (Wildman–Crippen MR) is 513 cm³/mol. The van der Waals surface area contributed by atoms with Crippen LogP contribution in [0.4, 0.5) is 8.78 Å². The number of benzene rings is 12. The molecule has 0 radical (unpaired) electrons. The van der Waals surface area contributed by atoms with Crippen LogP contribution in [-0.2, 0) is 0 Å². The molecule has 0 spiro atoms. The predicted octanol–water partition coefficient (Wildman–Crippen LogP) is 22.7. The first kappa shape index (κ1) is 91.9. The summed E-state index contributed by atoms with van der Waals surface area (Å²) in [5.41, 5.74) is 16.9. The summed E-state index contributed by atoms with van der Waals surface area (Å²) in [6.07, 6.45) is 13.9. The number of rotatable bonds is 19. The van der Waals surface area contributed by atoms with Crippen LogP contribution in [-0.4, -0.2) is 125 Å². The maximum Gasteiger partial charge on any atom is 0.345 e. The van der Waals surface area contributed by atoms with Crippen LogP contribution in [0.3, 0.4) is 0 Å². The van der Waals surface area contributed by atoms with Gasteiger partial charge in [-0.25, -0.2) is 70.4 Å². The van der Waals surface area contributed by atoms with Gasteiger partial charge >= 0.3 is 41.4 Å². The summed E-state index contributed by atoms with van der Waals surface area (Å²) < 4.78 is 53.5. The number of carbonyl (C=O) groups is 6. The number of aromatic nitrogens is 12. The molecular weight excluding hydrogens is 1760 g/mol. The first-order chi connectivity index (χ1) is 66.7. The molecule has 28 nitrogen and oxygen atoms in total. The highest BCUT2D eigenvalue weighted by Crippen LogP contribution is 2.32. The molecule has 0 aliphatic carbocycles. The third-order valence-electron chi connectivity index (χ3n) is 21.6. The minimum Gasteiger partial charge on any atom is -0.478 e. The van der Waals surface area contributed by atoms with Crippen LogP contribution in [0.15, 0.2) is 401 Å². The number of fused-ring (bicyclic) bond motifs is 2. The van der Waals surface area contributed by atoms with Crippen LogP contribution in [0.5, 0.6) is 0 Å². The molecule has 0 unspecified atom stereocenters. The summed E-state index contributed by atoms with van der Waals surface area (Å²) >= 11 is 0. The van der Waals surface area contributed by atoms with Crippen molar-refractivity contribution in [2.75, 3.05) is 0 Å². The molecule has 0 atom stereocenters. The van der Waals surface area contributed by atoms with Crippen LogP contribution in [0.2, 0.25) is 0 Å². The van der Waals surface area contributed by atoms with Crippen molar-refractivity contribution in [1.82, 2.24) is 58.7 Å². The van der Waals surface area contributed by atoms with Crippen molar-refractivity contribution in [3.63, 3.8) is 0 Å². The van der Waals surface area contributed by atoms with E-state index in [9.17, 15) is 42.3 Å². The van der Waals surface area contributed by atoms with E-state index < -0.39 is 41.4 Å². The number of para-hydroxylation sites is 2. The standard InChI is InChI=1S/C22H16N2O2.C19H12N2O4.C18H12N2O3.2C17H13FN2O2.C15H12N2O3/c25-22(26)19-7-4-8-20(15-19)24-14-13-21(23-24)18-11-9-17(10-12-18)16-5-2-1-3-6-16;22-18(23)13-5-3-6-14(10-13)21-9-8-16(20-21)15-11-12-4-1-2-7-17(12)25-19(15)24;21-18(22)13-5-3-6-14(10-13)20-9-8-15(19-20)17-11-12-4-1-2-7-16(12)23-17;1-11-2-7-15(8-16(11)18)20-10-14(9-19-20)12-3-5-13(6-4-12)17(21)22;1-11-5-6-15(8-16(11)18)20-10-14(9-19-20)12-3-2-4-13(7-12)17(21)22;1-10-5-6-14(20-10)13-7-8-17(16-13)12-4-2-3-11(9-12)15(18)19/h1-15H,(H,25,26);1-11H,(H,22,23);1-11H,(H,21,22);2*2-10H,1H3,(H,21,22);2-9H,1H3,(H,18,19). The lowest BCUT2D eigenvalue weighted by atomic mass is 10.0. The van der Waals surface area contributed by atoms with E-state index in [1.165, 1.54) is 40.6 Å². The zero-order valence-corrected chi connectivity index (χ0v) is 73.3. The van der Waals surface area contributed by atoms with Crippen LogP contribution in [0.1, 0.15) is 79.0 Å². The molecule has 0 saturated heterocycles. The number of furan rings is 2. The van der Waals surface area contributed by atoms with E-state index in [1.807, 2.05) is 134 Å². The van der Waals surface area contributed by atoms with E-state index in [2.05, 4.69) is 54.9 Å². The van der Waals surface area contributed by atoms with Crippen molar-refractivity contribution < 1.29 is 81.4 Å². The topological polar surface area (TPSA) is 387 Å². The zero-order chi connectivity index (χ0) is 96.6. The quantitative estimate of drug-likeness (QED) is 0.0409. The summed E-state index contributed by atoms with van der Waals surface area (Å²) in [6, 6.07) is 97.5. The highest BCUT2D eigenvalue weighted by atomic mass is 19.1. The molecule has 138 heavy (non-hydrogen) atoms. The second-order valence-electron chi connectivity index (χ2n) is 31.0. The summed E-state index contributed by atoms with van der Waals surface area (Å²) in [6.45, 7) is 5.28. The molecule has 9 heterocycles. The van der Waals surface area contributed by atoms with E-state index in [0.717, 1.165) is 66.9 Å². The molecule has 0 saturated carbocycles. The Morgan fingerprint density at radius 2 is 0.638 bits per heavy atom. The molecule has 0 amide bonds. The minimum absolute atomic E-state index is 0.166. The smallest absolute Gasteiger partial charge is 0.345 e. The fraction of sp³-hybridized carbons (Fsp3) is 0.0278. The van der Waals surface area contributed by atoms with Crippen molar-refractivity contribution in [2.45, 2.75) is 20.8 Å². The number of hydrogen-bond donors (Lipinski definition) is 6. The molecule has 21 rings (SSSR count). The monoisotopic (exact) mass is 1840 g/mol. The molecule has 0 bridgehead atoms. The van der Waals surface area contributed by atoms with E-state index >= 15 is 0 Å². The van der Waals surface area contributed by atoms with Crippen molar-refractivity contribution in [1.29, 1.82) is 0 Å². The van der Waals surface area contributed by atoms with Crippen molar-refractivity contribution in [3.8, 4) is 113 Å². The van der Waals surface area contributed by atoms with Gasteiger partial charge in [0.2, 0.25) is 0 Å². The fourth-order valence-corrected chi connectivity index (χ4v) is 14.3. The molecule has 9 aromatic heterocycles. The van der Waals surface area contributed by atoms with Gasteiger partial charge in [-0.05, 0) is 236 Å². The number of carboxylic acid groups (broad SMARTS) is 6. The number of hydrogen-bond acceptors (Lipinski definition) is 16. The van der Waals surface area contributed by atoms with Crippen LogP contribution in [0, 0.1) is 32.4 Å². The third kappa shape index (κ3) is 22.1. The molecule has 0 fully saturated rings. The summed E-state index contributed by atoms with van der Waals surface area (Å²) in [4.78, 5) is 78.4. The van der Waals surface area contributed by atoms with Gasteiger partial charge in [0.25, 0.3) is 0 Å². The van der Waals surface area contributed by atoms with Gasteiger partial charge in [0.1, 0.15) is 45.6 Å². The lowest BCUT2D eigenvalue weighted by molar-refractivity contribution is 0.0686. The van der Waals surface area contributed by atoms with Crippen molar-refractivity contribution in [3.05, 3.63) is 456 Å². The molecule has 21 aromatic rings. The summed E-state index contributed by atoms with van der Waals surface area (Å²) in [7, 11) is 0. The number of carboxylic acids is 6. The lowest BCUT2D eigenvalue weighted by Crippen LogP contribution is -2.04. The maximum atomic E-state index is 13.6. The summed E-state index contributed by atoms with van der Waals surface area (Å²) in [5.74, 6) is -4.19. The van der Waals surface area contributed by atoms with Crippen molar-refractivity contribution >= 4 is 57.8 Å². The Bertz CT molecular complexity index is 8090. The minimum atomic E-state index is -1.01. The zero-order valence-electron chi connectivity index (χ0n) is 73.3. The molecule has 30 heteroatoms. The summed E-state index contributed by atoms with van der Waals surface area (Å²) in [5, 5.41) is 82.3. The Morgan fingerprint density at radius 1 is 0.275 bits per heavy atom. The first-order valence-electron chi connectivity index (χ1n) is 42.4. The maximum absolute atomic E-state index is 13.6. The highest BCUT2D eigenvalue weighted by molar-refractivity contribution is 5.92. The van der Waals surface area contributed by atoms with Gasteiger partial charge in [0.05, 0.1) is 91.2 Å². The molecule has 12 aromatic carbocycles. The van der Waals surface area contributed by atoms with Gasteiger partial charge in [0, 0.05) is 64.6 Å². The lowest BCUT2D eigenvalue weighted by Gasteiger charge is -2.04. The molecular formula is C108H78F2N12O16. The van der Waals surface area contributed by atoms with Gasteiger partial charge in [-0.2, -0.15) is 30.6 Å². The van der Waals surface area contributed by atoms with Crippen LogP contribution >= 0.6 is 0 Å². The number of aryl methyl sites for hydroxylation is 3. The highest BCUT2D eigenvalue weighted by Gasteiger charge is 2.19. The van der Waals surface area contributed by atoms with E-state index in [0.29, 0.717) is 79.3 Å².